The Morgan fingerprint density at radius 3 is 2.78 bits per heavy atom. The van der Waals surface area contributed by atoms with E-state index in [2.05, 4.69) is 5.32 Å². The minimum absolute atomic E-state index is 0.128. The van der Waals surface area contributed by atoms with Crippen LogP contribution in [-0.2, 0) is 4.79 Å². The van der Waals surface area contributed by atoms with Gasteiger partial charge in [-0.15, -0.1) is 0 Å². The van der Waals surface area contributed by atoms with Gasteiger partial charge in [-0.25, -0.2) is 0 Å². The maximum Gasteiger partial charge on any atom is 0.292 e. The van der Waals surface area contributed by atoms with Gasteiger partial charge in [0.25, 0.3) is 5.69 Å². The molecule has 6 heteroatoms. The predicted molar refractivity (Wildman–Crippen MR) is 67.4 cm³/mol. The van der Waals surface area contributed by atoms with Gasteiger partial charge in [-0.05, 0) is 31.9 Å². The van der Waals surface area contributed by atoms with Gasteiger partial charge in [-0.1, -0.05) is 6.07 Å². The Morgan fingerprint density at radius 1 is 1.56 bits per heavy atom. The summed E-state index contributed by atoms with van der Waals surface area (Å²) in [5.41, 5.74) is 0.882. The van der Waals surface area contributed by atoms with Gasteiger partial charge >= 0.3 is 0 Å². The smallest absolute Gasteiger partial charge is 0.292 e. The van der Waals surface area contributed by atoms with E-state index < -0.39 is 11.0 Å². The molecule has 0 aliphatic carbocycles. The van der Waals surface area contributed by atoms with E-state index in [1.54, 1.807) is 26.0 Å². The summed E-state index contributed by atoms with van der Waals surface area (Å²) >= 11 is 0. The average molecular weight is 252 g/mol. The van der Waals surface area contributed by atoms with Crippen LogP contribution in [0.4, 0.5) is 11.4 Å². The number of aryl methyl sites for hydroxylation is 1. The molecular formula is C12H16N2O4. The standard InChI is InChI=1S/C12H16N2O4/c1-8-3-5-11(14(17)18)10(7-8)13-12(16)6-4-9(2)15/h3,5,7,9,15H,4,6H2,1-2H3,(H,13,16). The minimum atomic E-state index is -0.566. The van der Waals surface area contributed by atoms with Crippen LogP contribution in [0.3, 0.4) is 0 Å². The van der Waals surface area contributed by atoms with E-state index in [0.29, 0.717) is 6.42 Å². The molecule has 1 aromatic carbocycles. The van der Waals surface area contributed by atoms with Crippen molar-refractivity contribution < 1.29 is 14.8 Å². The van der Waals surface area contributed by atoms with Crippen LogP contribution in [0.25, 0.3) is 0 Å². The highest BCUT2D eigenvalue weighted by molar-refractivity contribution is 5.93. The molecule has 0 radical (unpaired) electrons. The summed E-state index contributed by atoms with van der Waals surface area (Å²) in [6, 6.07) is 4.53. The van der Waals surface area contributed by atoms with Crippen LogP contribution in [0, 0.1) is 17.0 Å². The second-order valence-corrected chi connectivity index (χ2v) is 4.21. The fourth-order valence-corrected chi connectivity index (χ4v) is 1.46. The summed E-state index contributed by atoms with van der Waals surface area (Å²) in [5, 5.41) is 22.4. The molecule has 0 aromatic heterocycles. The van der Waals surface area contributed by atoms with E-state index in [4.69, 9.17) is 5.11 Å². The molecule has 98 valence electrons. The number of nitrogens with one attached hydrogen (secondary N) is 1. The monoisotopic (exact) mass is 252 g/mol. The van der Waals surface area contributed by atoms with Crippen LogP contribution in [0.5, 0.6) is 0 Å². The summed E-state index contributed by atoms with van der Waals surface area (Å²) in [6.07, 6.45) is -0.114. The second-order valence-electron chi connectivity index (χ2n) is 4.21. The summed E-state index contributed by atoms with van der Waals surface area (Å²) in [6.45, 7) is 3.37. The number of nitrogens with zero attached hydrogens (tertiary/aromatic N) is 1. The highest BCUT2D eigenvalue weighted by Crippen LogP contribution is 2.25. The van der Waals surface area contributed by atoms with Crippen molar-refractivity contribution in [3.63, 3.8) is 0 Å². The first-order chi connectivity index (χ1) is 8.40. The molecule has 0 aliphatic rings. The highest BCUT2D eigenvalue weighted by Gasteiger charge is 2.15. The number of benzene rings is 1. The lowest BCUT2D eigenvalue weighted by atomic mass is 10.1. The first-order valence-corrected chi connectivity index (χ1v) is 5.63. The molecule has 18 heavy (non-hydrogen) atoms. The van der Waals surface area contributed by atoms with E-state index in [0.717, 1.165) is 5.56 Å². The third-order valence-corrected chi connectivity index (χ3v) is 2.41. The van der Waals surface area contributed by atoms with Gasteiger partial charge in [0.2, 0.25) is 5.91 Å². The van der Waals surface area contributed by atoms with Crippen LogP contribution < -0.4 is 5.32 Å². The first-order valence-electron chi connectivity index (χ1n) is 5.63. The number of nitro benzene ring substituents is 1. The highest BCUT2D eigenvalue weighted by atomic mass is 16.6. The van der Waals surface area contributed by atoms with Crippen molar-refractivity contribution in [1.29, 1.82) is 0 Å². The van der Waals surface area contributed by atoms with Gasteiger partial charge in [0.05, 0.1) is 11.0 Å². The van der Waals surface area contributed by atoms with Crippen molar-refractivity contribution in [3.05, 3.63) is 33.9 Å². The van der Waals surface area contributed by atoms with Gasteiger partial charge in [-0.3, -0.25) is 14.9 Å². The summed E-state index contributed by atoms with van der Waals surface area (Å²) < 4.78 is 0. The Hall–Kier alpha value is -1.95. The van der Waals surface area contributed by atoms with Crippen LogP contribution >= 0.6 is 0 Å². The topological polar surface area (TPSA) is 92.5 Å². The third-order valence-electron chi connectivity index (χ3n) is 2.41. The molecule has 0 saturated heterocycles. The molecule has 2 N–H and O–H groups in total. The summed E-state index contributed by atoms with van der Waals surface area (Å²) in [4.78, 5) is 21.8. The van der Waals surface area contributed by atoms with E-state index in [9.17, 15) is 14.9 Å². The number of carbonyl (C=O) groups is 1. The molecule has 0 aliphatic heterocycles. The van der Waals surface area contributed by atoms with Gasteiger partial charge < -0.3 is 10.4 Å². The SMILES string of the molecule is Cc1ccc([N+](=O)[O-])c(NC(=O)CCC(C)O)c1. The van der Waals surface area contributed by atoms with Gasteiger partial charge in [0.15, 0.2) is 0 Å². The molecule has 1 atom stereocenters. The summed E-state index contributed by atoms with van der Waals surface area (Å²) in [7, 11) is 0. The van der Waals surface area contributed by atoms with E-state index >= 15 is 0 Å². The Morgan fingerprint density at radius 2 is 2.22 bits per heavy atom. The van der Waals surface area contributed by atoms with Crippen LogP contribution in [0.15, 0.2) is 18.2 Å². The average Bonchev–Trinajstić information content (AvgIpc) is 2.26. The number of aliphatic hydroxyl groups excluding tert-OH is 1. The molecule has 0 saturated carbocycles. The molecule has 1 unspecified atom stereocenters. The molecule has 1 rings (SSSR count). The van der Waals surface area contributed by atoms with Crippen molar-refractivity contribution in [1.82, 2.24) is 0 Å². The molecule has 0 heterocycles. The number of carbonyl (C=O) groups excluding carboxylic acids is 1. The number of nitro groups is 1. The largest absolute Gasteiger partial charge is 0.393 e. The van der Waals surface area contributed by atoms with Crippen LogP contribution in [0.2, 0.25) is 0 Å². The van der Waals surface area contributed by atoms with Crippen molar-refractivity contribution in [2.24, 2.45) is 0 Å². The molecular weight excluding hydrogens is 236 g/mol. The van der Waals surface area contributed by atoms with Crippen molar-refractivity contribution in [3.8, 4) is 0 Å². The molecule has 0 spiro atoms. The lowest BCUT2D eigenvalue weighted by Gasteiger charge is -2.07. The lowest BCUT2D eigenvalue weighted by Crippen LogP contribution is -2.15. The van der Waals surface area contributed by atoms with E-state index in [1.807, 2.05) is 0 Å². The Kier molecular flexibility index (Phi) is 4.79. The fourth-order valence-electron chi connectivity index (χ4n) is 1.46. The normalized spacial score (nSPS) is 11.9. The number of amides is 1. The zero-order chi connectivity index (χ0) is 13.7. The van der Waals surface area contributed by atoms with E-state index in [-0.39, 0.29) is 23.7 Å². The Labute approximate surface area is 105 Å². The van der Waals surface area contributed by atoms with E-state index in [1.165, 1.54) is 6.07 Å². The Balaban J connectivity index is 2.79. The zero-order valence-corrected chi connectivity index (χ0v) is 10.3. The number of rotatable bonds is 5. The van der Waals surface area contributed by atoms with Crippen molar-refractivity contribution in [2.45, 2.75) is 32.8 Å². The van der Waals surface area contributed by atoms with Crippen molar-refractivity contribution in [2.75, 3.05) is 5.32 Å². The molecule has 1 amide bonds. The molecule has 1 aromatic rings. The van der Waals surface area contributed by atoms with Crippen LogP contribution in [-0.4, -0.2) is 22.0 Å². The van der Waals surface area contributed by atoms with Gasteiger partial charge in [0, 0.05) is 12.5 Å². The number of hydrogen-bond acceptors (Lipinski definition) is 4. The Bertz CT molecular complexity index is 457. The fraction of sp³-hybridized carbons (Fsp3) is 0.417. The van der Waals surface area contributed by atoms with Crippen molar-refractivity contribution >= 4 is 17.3 Å². The number of aliphatic hydroxyl groups is 1. The second kappa shape index (κ2) is 6.11. The number of hydrogen-bond donors (Lipinski definition) is 2. The maximum atomic E-state index is 11.6. The number of anilines is 1. The van der Waals surface area contributed by atoms with Gasteiger partial charge in [-0.2, -0.15) is 0 Å². The van der Waals surface area contributed by atoms with Crippen LogP contribution in [0.1, 0.15) is 25.3 Å². The lowest BCUT2D eigenvalue weighted by molar-refractivity contribution is -0.383. The molecule has 6 nitrogen and oxygen atoms in total. The predicted octanol–water partition coefficient (Wildman–Crippen LogP) is 2.00. The quantitative estimate of drug-likeness (QED) is 0.619. The molecule has 0 bridgehead atoms. The zero-order valence-electron chi connectivity index (χ0n) is 10.3. The minimum Gasteiger partial charge on any atom is -0.393 e. The first kappa shape index (κ1) is 14.1. The third kappa shape index (κ3) is 4.14. The van der Waals surface area contributed by atoms with Gasteiger partial charge in [0.1, 0.15) is 5.69 Å². The maximum absolute atomic E-state index is 11.6. The summed E-state index contributed by atoms with van der Waals surface area (Å²) in [5.74, 6) is -0.343. The molecule has 0 fully saturated rings.